The molecule has 1 aromatic carbocycles. The maximum atomic E-state index is 14.2. The number of hydrogen-bond donors (Lipinski definition) is 1. The zero-order chi connectivity index (χ0) is 22.8. The van der Waals surface area contributed by atoms with E-state index in [9.17, 15) is 22.4 Å². The molecule has 1 saturated heterocycles. The summed E-state index contributed by atoms with van der Waals surface area (Å²) >= 11 is 1.22. The average Bonchev–Trinajstić information content (AvgIpc) is 3.21. The highest BCUT2D eigenvalue weighted by Crippen LogP contribution is 2.27. The monoisotopic (exact) mass is 466 g/mol. The highest BCUT2D eigenvalue weighted by atomic mass is 32.1. The van der Waals surface area contributed by atoms with Gasteiger partial charge >= 0.3 is 0 Å². The standard InChI is InChI=1S/C20H18F4N6OS/c1-10-28-29-19(32-10)17-15(23)9-26-20(27-17)30-4-2-11(3-5-30)18(31)25-8-12-6-13(21)7-14(22)16(12)24/h6-7,9,11H,2-5,8H2,1H3,(H,25,31). The fourth-order valence-electron chi connectivity index (χ4n) is 3.46. The predicted octanol–water partition coefficient (Wildman–Crippen LogP) is 3.39. The third-order valence-electron chi connectivity index (χ3n) is 5.13. The van der Waals surface area contributed by atoms with E-state index in [1.54, 1.807) is 6.92 Å². The van der Waals surface area contributed by atoms with Gasteiger partial charge in [-0.15, -0.1) is 10.2 Å². The predicted molar refractivity (Wildman–Crippen MR) is 109 cm³/mol. The number of carbonyl (C=O) groups excluding carboxylic acids is 1. The second-order valence-electron chi connectivity index (χ2n) is 7.33. The minimum atomic E-state index is -1.30. The van der Waals surface area contributed by atoms with Gasteiger partial charge in [0.05, 0.1) is 6.20 Å². The van der Waals surface area contributed by atoms with Crippen LogP contribution in [-0.2, 0) is 11.3 Å². The average molecular weight is 466 g/mol. The summed E-state index contributed by atoms with van der Waals surface area (Å²) in [7, 11) is 0. The summed E-state index contributed by atoms with van der Waals surface area (Å²) in [4.78, 5) is 22.6. The number of piperidine rings is 1. The molecule has 1 fully saturated rings. The van der Waals surface area contributed by atoms with Crippen LogP contribution < -0.4 is 10.2 Å². The van der Waals surface area contributed by atoms with E-state index in [1.165, 1.54) is 11.3 Å². The number of halogens is 4. The Morgan fingerprint density at radius 2 is 1.91 bits per heavy atom. The number of anilines is 1. The van der Waals surface area contributed by atoms with Gasteiger partial charge in [-0.2, -0.15) is 0 Å². The van der Waals surface area contributed by atoms with Crippen molar-refractivity contribution in [2.45, 2.75) is 26.3 Å². The summed E-state index contributed by atoms with van der Waals surface area (Å²) in [6, 6.07) is 1.30. The van der Waals surface area contributed by atoms with Crippen LogP contribution in [0.25, 0.3) is 10.7 Å². The zero-order valence-corrected chi connectivity index (χ0v) is 17.7. The quantitative estimate of drug-likeness (QED) is 0.459. The van der Waals surface area contributed by atoms with Crippen molar-refractivity contribution in [3.8, 4) is 10.7 Å². The Kier molecular flexibility index (Phi) is 6.31. The molecule has 0 atom stereocenters. The van der Waals surface area contributed by atoms with Crippen LogP contribution in [-0.4, -0.2) is 39.2 Å². The number of aromatic nitrogens is 4. The molecule has 4 rings (SSSR count). The summed E-state index contributed by atoms with van der Waals surface area (Å²) in [5, 5.41) is 11.4. The van der Waals surface area contributed by atoms with Crippen molar-refractivity contribution in [1.29, 1.82) is 0 Å². The molecule has 7 nitrogen and oxygen atoms in total. The van der Waals surface area contributed by atoms with Crippen molar-refractivity contribution in [2.75, 3.05) is 18.0 Å². The topological polar surface area (TPSA) is 83.9 Å². The summed E-state index contributed by atoms with van der Waals surface area (Å²) < 4.78 is 54.5. The van der Waals surface area contributed by atoms with Crippen LogP contribution in [0.15, 0.2) is 18.3 Å². The van der Waals surface area contributed by atoms with Crippen molar-refractivity contribution in [3.05, 3.63) is 52.2 Å². The van der Waals surface area contributed by atoms with E-state index in [0.29, 0.717) is 48.0 Å². The third-order valence-corrected chi connectivity index (χ3v) is 5.98. The van der Waals surface area contributed by atoms with Gasteiger partial charge in [0.2, 0.25) is 11.9 Å². The lowest BCUT2D eigenvalue weighted by Crippen LogP contribution is -2.41. The number of benzene rings is 1. The minimum absolute atomic E-state index is 0.0739. The lowest BCUT2D eigenvalue weighted by Gasteiger charge is -2.31. The van der Waals surface area contributed by atoms with Gasteiger partial charge in [-0.3, -0.25) is 4.79 Å². The summed E-state index contributed by atoms with van der Waals surface area (Å²) in [6.07, 6.45) is 2.00. The number of hydrogen-bond acceptors (Lipinski definition) is 7. The Morgan fingerprint density at radius 3 is 2.59 bits per heavy atom. The van der Waals surface area contributed by atoms with E-state index in [2.05, 4.69) is 25.5 Å². The Labute approximate surface area is 184 Å². The van der Waals surface area contributed by atoms with E-state index < -0.39 is 23.3 Å². The molecular weight excluding hydrogens is 448 g/mol. The van der Waals surface area contributed by atoms with Crippen molar-refractivity contribution in [3.63, 3.8) is 0 Å². The fourth-order valence-corrected chi connectivity index (χ4v) is 4.14. The van der Waals surface area contributed by atoms with E-state index in [4.69, 9.17) is 0 Å². The Hall–Kier alpha value is -3.15. The van der Waals surface area contributed by atoms with Crippen LogP contribution in [0.2, 0.25) is 0 Å². The van der Waals surface area contributed by atoms with E-state index in [-0.39, 0.29) is 29.6 Å². The van der Waals surface area contributed by atoms with Gasteiger partial charge in [-0.1, -0.05) is 11.3 Å². The fraction of sp³-hybridized carbons (Fsp3) is 0.350. The van der Waals surface area contributed by atoms with Crippen molar-refractivity contribution >= 4 is 23.2 Å². The summed E-state index contributed by atoms with van der Waals surface area (Å²) in [5.74, 6) is -4.37. The molecule has 0 bridgehead atoms. The molecule has 0 aliphatic carbocycles. The molecule has 0 radical (unpaired) electrons. The molecular formula is C20H18F4N6OS. The molecule has 32 heavy (non-hydrogen) atoms. The molecule has 0 saturated carbocycles. The number of nitrogens with one attached hydrogen (secondary N) is 1. The lowest BCUT2D eigenvalue weighted by atomic mass is 9.96. The van der Waals surface area contributed by atoms with Crippen LogP contribution in [0.1, 0.15) is 23.4 Å². The molecule has 0 spiro atoms. The van der Waals surface area contributed by atoms with E-state index in [1.807, 2.05) is 4.90 Å². The molecule has 1 aliphatic heterocycles. The van der Waals surface area contributed by atoms with Gasteiger partial charge in [-0.05, 0) is 25.8 Å². The number of aryl methyl sites for hydroxylation is 1. The van der Waals surface area contributed by atoms with Gasteiger partial charge < -0.3 is 10.2 Å². The first-order chi connectivity index (χ1) is 15.3. The molecule has 1 amide bonds. The van der Waals surface area contributed by atoms with Crippen molar-refractivity contribution < 1.29 is 22.4 Å². The van der Waals surface area contributed by atoms with Gasteiger partial charge in [0.1, 0.15) is 16.5 Å². The first-order valence-electron chi connectivity index (χ1n) is 9.81. The van der Waals surface area contributed by atoms with Crippen molar-refractivity contribution in [1.82, 2.24) is 25.5 Å². The highest BCUT2D eigenvalue weighted by molar-refractivity contribution is 7.14. The zero-order valence-electron chi connectivity index (χ0n) is 16.9. The second kappa shape index (κ2) is 9.15. The number of nitrogens with zero attached hydrogens (tertiary/aromatic N) is 5. The van der Waals surface area contributed by atoms with Crippen LogP contribution >= 0.6 is 11.3 Å². The summed E-state index contributed by atoms with van der Waals surface area (Å²) in [6.45, 7) is 2.34. The van der Waals surface area contributed by atoms with Gasteiger partial charge in [0.15, 0.2) is 22.5 Å². The largest absolute Gasteiger partial charge is 0.352 e. The van der Waals surface area contributed by atoms with Crippen LogP contribution in [0.3, 0.4) is 0 Å². The second-order valence-corrected chi connectivity index (χ2v) is 8.51. The molecule has 1 aliphatic rings. The van der Waals surface area contributed by atoms with Gasteiger partial charge in [0.25, 0.3) is 0 Å². The van der Waals surface area contributed by atoms with Gasteiger partial charge in [-0.25, -0.2) is 27.5 Å². The maximum Gasteiger partial charge on any atom is 0.226 e. The first-order valence-corrected chi connectivity index (χ1v) is 10.6. The molecule has 168 valence electrons. The Bertz CT molecular complexity index is 1150. The number of carbonyl (C=O) groups is 1. The third kappa shape index (κ3) is 4.69. The van der Waals surface area contributed by atoms with Crippen LogP contribution in [0, 0.1) is 36.1 Å². The first kappa shape index (κ1) is 22.1. The molecule has 1 N–H and O–H groups in total. The highest BCUT2D eigenvalue weighted by Gasteiger charge is 2.27. The molecule has 3 heterocycles. The Balaban J connectivity index is 1.37. The van der Waals surface area contributed by atoms with E-state index in [0.717, 1.165) is 12.3 Å². The summed E-state index contributed by atoms with van der Waals surface area (Å²) in [5.41, 5.74) is -0.183. The SMILES string of the molecule is Cc1nnc(-c2nc(N3CCC(C(=O)NCc4cc(F)cc(F)c4F)CC3)ncc2F)s1. The molecule has 12 heteroatoms. The van der Waals surface area contributed by atoms with Crippen molar-refractivity contribution in [2.24, 2.45) is 5.92 Å². The number of rotatable bonds is 5. The van der Waals surface area contributed by atoms with Crippen LogP contribution in [0.5, 0.6) is 0 Å². The Morgan fingerprint density at radius 1 is 1.16 bits per heavy atom. The smallest absolute Gasteiger partial charge is 0.226 e. The number of amides is 1. The van der Waals surface area contributed by atoms with Crippen LogP contribution in [0.4, 0.5) is 23.5 Å². The maximum absolute atomic E-state index is 14.2. The minimum Gasteiger partial charge on any atom is -0.352 e. The normalized spacial score (nSPS) is 14.6. The molecule has 2 aromatic heterocycles. The lowest BCUT2D eigenvalue weighted by molar-refractivity contribution is -0.125. The van der Waals surface area contributed by atoms with E-state index >= 15 is 0 Å². The molecule has 3 aromatic rings. The molecule has 0 unspecified atom stereocenters. The van der Waals surface area contributed by atoms with Gasteiger partial charge in [0, 0.05) is 37.2 Å².